The van der Waals surface area contributed by atoms with Crippen molar-refractivity contribution in [1.29, 1.82) is 0 Å². The average molecular weight is 312 g/mol. The van der Waals surface area contributed by atoms with E-state index >= 15 is 0 Å². The van der Waals surface area contributed by atoms with Gasteiger partial charge in [-0.15, -0.1) is 0 Å². The molecule has 1 aromatic carbocycles. The molecule has 2 fully saturated rings. The number of piperazine rings is 1. The van der Waals surface area contributed by atoms with Crippen LogP contribution in [0.5, 0.6) is 5.75 Å². The van der Waals surface area contributed by atoms with Crippen LogP contribution in [0.4, 0.5) is 0 Å². The number of nitrogens with zero attached hydrogens (tertiary/aromatic N) is 2. The zero-order chi connectivity index (χ0) is 15.6. The number of fused-ring (bicyclic) bond motifs is 2. The summed E-state index contributed by atoms with van der Waals surface area (Å²) in [7, 11) is 1.74. The summed E-state index contributed by atoms with van der Waals surface area (Å²) >= 11 is 0. The Bertz CT molecular complexity index is 563. The molecule has 3 atom stereocenters. The fourth-order valence-corrected chi connectivity index (χ4v) is 4.60. The maximum atomic E-state index is 5.33. The summed E-state index contributed by atoms with van der Waals surface area (Å²) in [6, 6.07) is 8.47. The van der Waals surface area contributed by atoms with Gasteiger partial charge in [-0.2, -0.15) is 0 Å². The third kappa shape index (κ3) is 3.46. The Kier molecular flexibility index (Phi) is 4.41. The van der Waals surface area contributed by atoms with Gasteiger partial charge in [0.05, 0.1) is 7.11 Å². The number of ether oxygens (including phenoxy) is 1. The standard InChI is InChI=1S/C20H28N2O/c1-23-20-4-2-3-17(13-20)14-21-7-9-22(10-8-21)15-19-12-16-5-6-18(19)11-16/h2-6,13,16,18-19H,7-12,14-15H2,1H3/t16-,18-,19-/m0/s1. The second-order valence-electron chi connectivity index (χ2n) is 7.47. The molecule has 0 aromatic heterocycles. The van der Waals surface area contributed by atoms with Crippen LogP contribution in [0.1, 0.15) is 18.4 Å². The van der Waals surface area contributed by atoms with Crippen molar-refractivity contribution >= 4 is 0 Å². The second-order valence-corrected chi connectivity index (χ2v) is 7.47. The van der Waals surface area contributed by atoms with Crippen molar-refractivity contribution in [3.8, 4) is 5.75 Å². The van der Waals surface area contributed by atoms with Gasteiger partial charge in [0.2, 0.25) is 0 Å². The Labute approximate surface area is 139 Å². The van der Waals surface area contributed by atoms with Crippen molar-refractivity contribution in [1.82, 2.24) is 9.80 Å². The van der Waals surface area contributed by atoms with Crippen LogP contribution in [0.2, 0.25) is 0 Å². The molecule has 0 amide bonds. The lowest BCUT2D eigenvalue weighted by atomic mass is 9.93. The number of benzene rings is 1. The summed E-state index contributed by atoms with van der Waals surface area (Å²) in [5.74, 6) is 3.68. The van der Waals surface area contributed by atoms with Gasteiger partial charge in [-0.3, -0.25) is 4.90 Å². The lowest BCUT2D eigenvalue weighted by Crippen LogP contribution is -2.47. The lowest BCUT2D eigenvalue weighted by molar-refractivity contribution is 0.108. The maximum Gasteiger partial charge on any atom is 0.119 e. The molecule has 124 valence electrons. The minimum absolute atomic E-state index is 0.884. The molecule has 1 aliphatic heterocycles. The van der Waals surface area contributed by atoms with E-state index in [0.29, 0.717) is 0 Å². The van der Waals surface area contributed by atoms with E-state index in [-0.39, 0.29) is 0 Å². The van der Waals surface area contributed by atoms with Gasteiger partial charge in [-0.1, -0.05) is 24.3 Å². The van der Waals surface area contributed by atoms with Crippen LogP contribution in [0.25, 0.3) is 0 Å². The molecule has 4 rings (SSSR count). The molecular formula is C20H28N2O. The van der Waals surface area contributed by atoms with E-state index in [1.165, 1.54) is 51.1 Å². The van der Waals surface area contributed by atoms with E-state index in [0.717, 1.165) is 30.0 Å². The van der Waals surface area contributed by atoms with Gasteiger partial charge >= 0.3 is 0 Å². The Hall–Kier alpha value is -1.32. The largest absolute Gasteiger partial charge is 0.497 e. The molecule has 2 bridgehead atoms. The highest BCUT2D eigenvalue weighted by Crippen LogP contribution is 2.43. The number of allylic oxidation sites excluding steroid dienone is 2. The molecule has 1 saturated heterocycles. The normalized spacial score (nSPS) is 30.9. The zero-order valence-corrected chi connectivity index (χ0v) is 14.2. The number of hydrogen-bond acceptors (Lipinski definition) is 3. The molecule has 3 heteroatoms. The fraction of sp³-hybridized carbons (Fsp3) is 0.600. The van der Waals surface area contributed by atoms with Crippen molar-refractivity contribution in [2.75, 3.05) is 39.8 Å². The third-order valence-electron chi connectivity index (χ3n) is 5.91. The van der Waals surface area contributed by atoms with Gasteiger partial charge in [0, 0.05) is 39.3 Å². The summed E-state index contributed by atoms with van der Waals surface area (Å²) in [6.07, 6.45) is 7.80. The Morgan fingerprint density at radius 1 is 1.04 bits per heavy atom. The summed E-state index contributed by atoms with van der Waals surface area (Å²) in [6.45, 7) is 7.19. The minimum Gasteiger partial charge on any atom is -0.497 e. The highest BCUT2D eigenvalue weighted by atomic mass is 16.5. The van der Waals surface area contributed by atoms with Gasteiger partial charge in [0.15, 0.2) is 0 Å². The first-order valence-corrected chi connectivity index (χ1v) is 9.06. The van der Waals surface area contributed by atoms with Crippen LogP contribution in [-0.2, 0) is 6.54 Å². The van der Waals surface area contributed by atoms with E-state index in [2.05, 4.69) is 40.2 Å². The first-order valence-electron chi connectivity index (χ1n) is 9.06. The maximum absolute atomic E-state index is 5.33. The second kappa shape index (κ2) is 6.66. The molecule has 1 saturated carbocycles. The van der Waals surface area contributed by atoms with Crippen LogP contribution in [0.15, 0.2) is 36.4 Å². The highest BCUT2D eigenvalue weighted by Gasteiger charge is 2.36. The fourth-order valence-electron chi connectivity index (χ4n) is 4.60. The van der Waals surface area contributed by atoms with Crippen LogP contribution >= 0.6 is 0 Å². The summed E-state index contributed by atoms with van der Waals surface area (Å²) in [4.78, 5) is 5.27. The van der Waals surface area contributed by atoms with Crippen LogP contribution < -0.4 is 4.74 Å². The van der Waals surface area contributed by atoms with E-state index in [1.807, 2.05) is 6.07 Å². The molecule has 0 unspecified atom stereocenters. The van der Waals surface area contributed by atoms with Crippen molar-refractivity contribution < 1.29 is 4.74 Å². The van der Waals surface area contributed by atoms with Gasteiger partial charge in [0.25, 0.3) is 0 Å². The van der Waals surface area contributed by atoms with Gasteiger partial charge in [-0.05, 0) is 48.3 Å². The Morgan fingerprint density at radius 3 is 2.57 bits per heavy atom. The molecule has 23 heavy (non-hydrogen) atoms. The summed E-state index contributed by atoms with van der Waals surface area (Å²) < 4.78 is 5.33. The number of methoxy groups -OCH3 is 1. The third-order valence-corrected chi connectivity index (χ3v) is 5.91. The first-order chi connectivity index (χ1) is 11.3. The van der Waals surface area contributed by atoms with Crippen molar-refractivity contribution in [2.24, 2.45) is 17.8 Å². The Morgan fingerprint density at radius 2 is 1.87 bits per heavy atom. The van der Waals surface area contributed by atoms with Crippen LogP contribution in [-0.4, -0.2) is 49.6 Å². The summed E-state index contributed by atoms with van der Waals surface area (Å²) in [5, 5.41) is 0. The van der Waals surface area contributed by atoms with Crippen molar-refractivity contribution in [3.05, 3.63) is 42.0 Å². The predicted octanol–water partition coefficient (Wildman–Crippen LogP) is 3.03. The smallest absolute Gasteiger partial charge is 0.119 e. The molecule has 2 aliphatic carbocycles. The molecule has 0 radical (unpaired) electrons. The Balaban J connectivity index is 1.25. The minimum atomic E-state index is 0.884. The molecule has 0 N–H and O–H groups in total. The van der Waals surface area contributed by atoms with E-state index in [4.69, 9.17) is 4.74 Å². The predicted molar refractivity (Wildman–Crippen MR) is 93.6 cm³/mol. The van der Waals surface area contributed by atoms with E-state index in [1.54, 1.807) is 7.11 Å². The van der Waals surface area contributed by atoms with Crippen LogP contribution in [0.3, 0.4) is 0 Å². The quantitative estimate of drug-likeness (QED) is 0.777. The number of rotatable bonds is 5. The number of hydrogen-bond donors (Lipinski definition) is 0. The molecule has 3 nitrogen and oxygen atoms in total. The van der Waals surface area contributed by atoms with Gasteiger partial charge < -0.3 is 9.64 Å². The van der Waals surface area contributed by atoms with Crippen molar-refractivity contribution in [2.45, 2.75) is 19.4 Å². The topological polar surface area (TPSA) is 15.7 Å². The molecular weight excluding hydrogens is 284 g/mol. The SMILES string of the molecule is COc1cccc(CN2CCN(C[C@@H]3C[C@H]4C=C[C@H]3C4)CC2)c1. The van der Waals surface area contributed by atoms with E-state index in [9.17, 15) is 0 Å². The highest BCUT2D eigenvalue weighted by molar-refractivity contribution is 5.28. The van der Waals surface area contributed by atoms with E-state index < -0.39 is 0 Å². The van der Waals surface area contributed by atoms with Gasteiger partial charge in [0.1, 0.15) is 5.75 Å². The molecule has 1 aromatic rings. The zero-order valence-electron chi connectivity index (χ0n) is 14.2. The molecule has 3 aliphatic rings. The molecule has 1 heterocycles. The van der Waals surface area contributed by atoms with Crippen molar-refractivity contribution in [3.63, 3.8) is 0 Å². The first kappa shape index (κ1) is 15.2. The molecule has 0 spiro atoms. The lowest BCUT2D eigenvalue weighted by Gasteiger charge is -2.37. The average Bonchev–Trinajstić information content (AvgIpc) is 3.20. The van der Waals surface area contributed by atoms with Crippen LogP contribution in [0, 0.1) is 17.8 Å². The monoisotopic (exact) mass is 312 g/mol. The van der Waals surface area contributed by atoms with Gasteiger partial charge in [-0.25, -0.2) is 0 Å². The summed E-state index contributed by atoms with van der Waals surface area (Å²) in [5.41, 5.74) is 1.36.